The first-order valence-corrected chi connectivity index (χ1v) is 8.76. The Morgan fingerprint density at radius 2 is 1.75 bits per heavy atom. The summed E-state index contributed by atoms with van der Waals surface area (Å²) in [6.45, 7) is 2.25. The maximum Gasteiger partial charge on any atom is 0.0460 e. The molecule has 0 spiro atoms. The van der Waals surface area contributed by atoms with E-state index in [4.69, 9.17) is 17.4 Å². The van der Waals surface area contributed by atoms with Crippen LogP contribution in [0.1, 0.15) is 69.9 Å². The second-order valence-corrected chi connectivity index (χ2v) is 6.68. The van der Waals surface area contributed by atoms with E-state index in [1.54, 1.807) is 0 Å². The predicted molar refractivity (Wildman–Crippen MR) is 91.8 cm³/mol. The molecule has 0 aliphatic rings. The standard InChI is InChI=1S/C16H26BrClN2/c1-2-3-4-5-6-7-8-9-16(20-19)13-10-14(17)12-15(18)11-13/h10-12,16,20H,2-9,19H2,1H3. The predicted octanol–water partition coefficient (Wildman–Crippen LogP) is 5.75. The summed E-state index contributed by atoms with van der Waals surface area (Å²) >= 11 is 9.56. The Hall–Kier alpha value is -0.0900. The first kappa shape index (κ1) is 18.0. The highest BCUT2D eigenvalue weighted by molar-refractivity contribution is 9.10. The number of hydrogen-bond acceptors (Lipinski definition) is 2. The highest BCUT2D eigenvalue weighted by atomic mass is 79.9. The van der Waals surface area contributed by atoms with E-state index in [-0.39, 0.29) is 6.04 Å². The van der Waals surface area contributed by atoms with Crippen molar-refractivity contribution in [3.8, 4) is 0 Å². The summed E-state index contributed by atoms with van der Waals surface area (Å²) in [5, 5.41) is 0.745. The fraction of sp³-hybridized carbons (Fsp3) is 0.625. The molecule has 4 heteroatoms. The number of nitrogens with two attached hydrogens (primary N) is 1. The van der Waals surface area contributed by atoms with Gasteiger partial charge in [0.15, 0.2) is 0 Å². The van der Waals surface area contributed by atoms with Crippen LogP contribution in [0, 0.1) is 0 Å². The smallest absolute Gasteiger partial charge is 0.0460 e. The van der Waals surface area contributed by atoms with Crippen molar-refractivity contribution in [3.63, 3.8) is 0 Å². The third kappa shape index (κ3) is 7.07. The maximum atomic E-state index is 6.08. The molecule has 0 saturated heterocycles. The molecule has 3 N–H and O–H groups in total. The van der Waals surface area contributed by atoms with Crippen LogP contribution in [-0.4, -0.2) is 0 Å². The minimum Gasteiger partial charge on any atom is -0.271 e. The number of rotatable bonds is 10. The van der Waals surface area contributed by atoms with Crippen LogP contribution >= 0.6 is 27.5 Å². The Morgan fingerprint density at radius 3 is 2.35 bits per heavy atom. The lowest BCUT2D eigenvalue weighted by Crippen LogP contribution is -2.28. The molecule has 0 fully saturated rings. The van der Waals surface area contributed by atoms with E-state index >= 15 is 0 Å². The van der Waals surface area contributed by atoms with Crippen molar-refractivity contribution in [2.75, 3.05) is 0 Å². The second kappa shape index (κ2) is 10.6. The summed E-state index contributed by atoms with van der Waals surface area (Å²) in [6, 6.07) is 6.14. The lowest BCUT2D eigenvalue weighted by molar-refractivity contribution is 0.475. The van der Waals surface area contributed by atoms with E-state index in [0.29, 0.717) is 0 Å². The van der Waals surface area contributed by atoms with Gasteiger partial charge in [-0.15, -0.1) is 0 Å². The van der Waals surface area contributed by atoms with E-state index in [9.17, 15) is 0 Å². The van der Waals surface area contributed by atoms with Crippen LogP contribution in [0.3, 0.4) is 0 Å². The van der Waals surface area contributed by atoms with Gasteiger partial charge in [-0.3, -0.25) is 11.3 Å². The average Bonchev–Trinajstić information content (AvgIpc) is 2.41. The van der Waals surface area contributed by atoms with Gasteiger partial charge < -0.3 is 0 Å². The summed E-state index contributed by atoms with van der Waals surface area (Å²) in [5.41, 5.74) is 4.06. The van der Waals surface area contributed by atoms with Crippen molar-refractivity contribution in [2.45, 2.75) is 64.3 Å². The fourth-order valence-corrected chi connectivity index (χ4v) is 3.31. The first-order valence-electron chi connectivity index (χ1n) is 7.59. The summed E-state index contributed by atoms with van der Waals surface area (Å²) < 4.78 is 1.000. The van der Waals surface area contributed by atoms with Gasteiger partial charge in [0, 0.05) is 15.5 Å². The number of unbranched alkanes of at least 4 members (excludes halogenated alkanes) is 6. The van der Waals surface area contributed by atoms with Crippen molar-refractivity contribution in [3.05, 3.63) is 33.3 Å². The van der Waals surface area contributed by atoms with Crippen molar-refractivity contribution in [1.82, 2.24) is 5.43 Å². The first-order chi connectivity index (χ1) is 9.67. The van der Waals surface area contributed by atoms with Gasteiger partial charge in [-0.25, -0.2) is 0 Å². The van der Waals surface area contributed by atoms with Gasteiger partial charge in [0.2, 0.25) is 0 Å². The number of nitrogens with one attached hydrogen (secondary N) is 1. The van der Waals surface area contributed by atoms with E-state index < -0.39 is 0 Å². The van der Waals surface area contributed by atoms with Crippen LogP contribution < -0.4 is 11.3 Å². The average molecular weight is 362 g/mol. The molecule has 1 atom stereocenters. The molecule has 0 bridgehead atoms. The van der Waals surface area contributed by atoms with Gasteiger partial charge in [-0.05, 0) is 30.2 Å². The third-order valence-electron chi connectivity index (χ3n) is 3.58. The van der Waals surface area contributed by atoms with Crippen LogP contribution in [-0.2, 0) is 0 Å². The van der Waals surface area contributed by atoms with Crippen LogP contribution in [0.4, 0.5) is 0 Å². The van der Waals surface area contributed by atoms with Gasteiger partial charge in [-0.1, -0.05) is 79.4 Å². The van der Waals surface area contributed by atoms with E-state index in [2.05, 4.69) is 34.3 Å². The van der Waals surface area contributed by atoms with Crippen molar-refractivity contribution in [1.29, 1.82) is 0 Å². The second-order valence-electron chi connectivity index (χ2n) is 5.33. The third-order valence-corrected chi connectivity index (χ3v) is 4.26. The minimum absolute atomic E-state index is 0.181. The van der Waals surface area contributed by atoms with Crippen LogP contribution in [0.25, 0.3) is 0 Å². The van der Waals surface area contributed by atoms with Crippen molar-refractivity contribution >= 4 is 27.5 Å². The molecule has 0 aliphatic heterocycles. The molecule has 0 saturated carbocycles. The Morgan fingerprint density at radius 1 is 1.10 bits per heavy atom. The molecule has 1 aromatic rings. The topological polar surface area (TPSA) is 38.0 Å². The van der Waals surface area contributed by atoms with Gasteiger partial charge in [0.05, 0.1) is 0 Å². The highest BCUT2D eigenvalue weighted by Gasteiger charge is 2.10. The van der Waals surface area contributed by atoms with Gasteiger partial charge in [0.1, 0.15) is 0 Å². The Bertz CT molecular complexity index is 364. The number of hydrogen-bond donors (Lipinski definition) is 2. The highest BCUT2D eigenvalue weighted by Crippen LogP contribution is 2.26. The van der Waals surface area contributed by atoms with Crippen LogP contribution in [0.5, 0.6) is 0 Å². The molecule has 1 unspecified atom stereocenters. The molecule has 114 valence electrons. The monoisotopic (exact) mass is 360 g/mol. The molecule has 0 aliphatic carbocycles. The molecule has 1 aromatic carbocycles. The fourth-order valence-electron chi connectivity index (χ4n) is 2.43. The molecule has 0 radical (unpaired) electrons. The lowest BCUT2D eigenvalue weighted by atomic mass is 10.00. The van der Waals surface area contributed by atoms with E-state index in [0.717, 1.165) is 21.5 Å². The zero-order chi connectivity index (χ0) is 14.8. The molecule has 0 heterocycles. The summed E-state index contributed by atoms with van der Waals surface area (Å²) in [6.07, 6.45) is 10.3. The molecule has 0 aromatic heterocycles. The van der Waals surface area contributed by atoms with Crippen molar-refractivity contribution in [2.24, 2.45) is 5.84 Å². The number of hydrazine groups is 1. The van der Waals surface area contributed by atoms with E-state index in [1.807, 2.05) is 12.1 Å². The Labute approximate surface area is 136 Å². The quantitative estimate of drug-likeness (QED) is 0.316. The zero-order valence-corrected chi connectivity index (χ0v) is 14.6. The summed E-state index contributed by atoms with van der Waals surface area (Å²) in [7, 11) is 0. The molecule has 2 nitrogen and oxygen atoms in total. The van der Waals surface area contributed by atoms with E-state index in [1.165, 1.54) is 44.9 Å². The van der Waals surface area contributed by atoms with Gasteiger partial charge >= 0.3 is 0 Å². The molecule has 1 rings (SSSR count). The summed E-state index contributed by atoms with van der Waals surface area (Å²) in [4.78, 5) is 0. The maximum absolute atomic E-state index is 6.08. The van der Waals surface area contributed by atoms with Gasteiger partial charge in [-0.2, -0.15) is 0 Å². The zero-order valence-electron chi connectivity index (χ0n) is 12.3. The molecular formula is C16H26BrClN2. The molecular weight excluding hydrogens is 336 g/mol. The lowest BCUT2D eigenvalue weighted by Gasteiger charge is -2.17. The summed E-state index contributed by atoms with van der Waals surface area (Å²) in [5.74, 6) is 5.68. The molecule has 0 amide bonds. The number of halogens is 2. The van der Waals surface area contributed by atoms with Gasteiger partial charge in [0.25, 0.3) is 0 Å². The number of benzene rings is 1. The van der Waals surface area contributed by atoms with Crippen molar-refractivity contribution < 1.29 is 0 Å². The SMILES string of the molecule is CCCCCCCCCC(NN)c1cc(Cl)cc(Br)c1. The largest absolute Gasteiger partial charge is 0.271 e. The normalized spacial score (nSPS) is 12.6. The Kier molecular flexibility index (Phi) is 9.53. The van der Waals surface area contributed by atoms with Crippen LogP contribution in [0.15, 0.2) is 22.7 Å². The Balaban J connectivity index is 2.32. The van der Waals surface area contributed by atoms with Crippen LogP contribution in [0.2, 0.25) is 5.02 Å². The minimum atomic E-state index is 0.181. The molecule has 20 heavy (non-hydrogen) atoms.